The van der Waals surface area contributed by atoms with Crippen LogP contribution in [0.15, 0.2) is 28.7 Å². The van der Waals surface area contributed by atoms with Gasteiger partial charge in [0.25, 0.3) is 6.43 Å². The molecular weight excluding hydrogens is 542 g/mol. The molecule has 126 valence electrons. The quantitative estimate of drug-likeness (QED) is 0.521. The van der Waals surface area contributed by atoms with E-state index in [0.29, 0.717) is 22.5 Å². The molecule has 5 nitrogen and oxygen atoms in total. The number of aliphatic hydroxyl groups is 1. The Balaban J connectivity index is 0.000000670. The maximum Gasteiger partial charge on any atom is 0.297 e. The van der Waals surface area contributed by atoms with E-state index in [4.69, 9.17) is 9.52 Å². The Labute approximate surface area is 161 Å². The zero-order valence-electron chi connectivity index (χ0n) is 13.2. The van der Waals surface area contributed by atoms with Crippen molar-refractivity contribution in [3.8, 4) is 0 Å². The number of alkyl halides is 2. The molecule has 2 aromatic heterocycles. The van der Waals surface area contributed by atoms with Gasteiger partial charge in [0, 0.05) is 56.7 Å². The van der Waals surface area contributed by atoms with Gasteiger partial charge in [-0.3, -0.25) is 0 Å². The van der Waals surface area contributed by atoms with Crippen LogP contribution in [-0.4, -0.2) is 35.3 Å². The molecule has 8 heteroatoms. The predicted octanol–water partition coefficient (Wildman–Crippen LogP) is 3.52. The number of para-hydroxylation sites is 1. The number of aromatic nitrogens is 2. The molecule has 3 aromatic rings. The van der Waals surface area contributed by atoms with Gasteiger partial charge in [-0.1, -0.05) is 12.1 Å². The summed E-state index contributed by atoms with van der Waals surface area (Å²) in [6.45, 7) is 1.62. The number of hydrogen-bond acceptors (Lipinski definition) is 5. The molecule has 0 radical (unpaired) electrons. The van der Waals surface area contributed by atoms with Gasteiger partial charge in [0.2, 0.25) is 0 Å². The average molecular weight is 559 g/mol. The Hall–Kier alpha value is -1.23. The normalized spacial score (nSPS) is 14.0. The molecule has 0 atom stereocenters. The first-order valence-corrected chi connectivity index (χ1v) is 7.41. The maximum atomic E-state index is 13.1. The van der Waals surface area contributed by atoms with Crippen molar-refractivity contribution >= 4 is 27.9 Å². The van der Waals surface area contributed by atoms with Gasteiger partial charge in [-0.25, -0.2) is 18.7 Å². The average Bonchev–Trinajstić information content (AvgIpc) is 3.23. The third-order valence-electron chi connectivity index (χ3n) is 3.82. The van der Waals surface area contributed by atoms with Gasteiger partial charge in [0.15, 0.2) is 17.2 Å². The summed E-state index contributed by atoms with van der Waals surface area (Å²) >= 11 is 0. The molecule has 0 unspecified atom stereocenters. The molecule has 0 spiro atoms. The number of hydrogen-bond donors (Lipinski definition) is 1. The fraction of sp³-hybridized carbons (Fsp3) is 0.375. The van der Waals surface area contributed by atoms with Crippen LogP contribution in [0.25, 0.3) is 22.1 Å². The third-order valence-corrected chi connectivity index (χ3v) is 3.82. The van der Waals surface area contributed by atoms with Crippen molar-refractivity contribution in [3.05, 3.63) is 30.1 Å². The van der Waals surface area contributed by atoms with E-state index in [2.05, 4.69) is 9.97 Å². The van der Waals surface area contributed by atoms with Crippen molar-refractivity contribution in [2.75, 3.05) is 25.1 Å². The Bertz CT molecular complexity index is 820. The largest absolute Gasteiger partial charge is 0.450 e. The SMILES string of the molecule is CO.FC(F)c1nc(N2CCCC2)c2oc3ccccc3c2n1.[U]. The molecule has 4 rings (SSSR count). The van der Waals surface area contributed by atoms with Gasteiger partial charge in [-0.05, 0) is 25.0 Å². The van der Waals surface area contributed by atoms with Gasteiger partial charge < -0.3 is 14.4 Å². The molecule has 0 amide bonds. The molecule has 1 N–H and O–H groups in total. The molecule has 1 aromatic carbocycles. The Morgan fingerprint density at radius 2 is 1.79 bits per heavy atom. The monoisotopic (exact) mass is 559 g/mol. The molecule has 1 saturated heterocycles. The molecule has 1 aliphatic heterocycles. The van der Waals surface area contributed by atoms with Gasteiger partial charge in [-0.15, -0.1) is 0 Å². The first-order valence-electron chi connectivity index (χ1n) is 7.41. The Kier molecular flexibility index (Phi) is 6.56. The van der Waals surface area contributed by atoms with Crippen molar-refractivity contribution in [3.63, 3.8) is 0 Å². The van der Waals surface area contributed by atoms with Crippen LogP contribution in [0.5, 0.6) is 0 Å². The third kappa shape index (κ3) is 3.41. The van der Waals surface area contributed by atoms with Crippen molar-refractivity contribution < 1.29 is 49.4 Å². The van der Waals surface area contributed by atoms with Crippen molar-refractivity contribution in [1.82, 2.24) is 9.97 Å². The number of aliphatic hydroxyl groups excluding tert-OH is 1. The van der Waals surface area contributed by atoms with E-state index in [1.807, 2.05) is 29.2 Å². The zero-order valence-corrected chi connectivity index (χ0v) is 17.3. The van der Waals surface area contributed by atoms with E-state index in [9.17, 15) is 8.78 Å². The van der Waals surface area contributed by atoms with Crippen LogP contribution in [-0.2, 0) is 0 Å². The summed E-state index contributed by atoms with van der Waals surface area (Å²) < 4.78 is 32.0. The Morgan fingerprint density at radius 1 is 1.12 bits per heavy atom. The number of fused-ring (bicyclic) bond motifs is 3. The standard InChI is InChI=1S/C15H13F2N3O.CH4O.U/c16-13(17)14-18-11-9-5-1-2-6-10(9)21-12(11)15(19-14)20-7-3-4-8-20;1-2;/h1-2,5-6,13H,3-4,7-8H2;2H,1H3;. The molecule has 24 heavy (non-hydrogen) atoms. The molecule has 3 heterocycles. The number of nitrogens with zero attached hydrogens (tertiary/aromatic N) is 3. The summed E-state index contributed by atoms with van der Waals surface area (Å²) in [5.41, 5.74) is 1.62. The summed E-state index contributed by atoms with van der Waals surface area (Å²) in [6, 6.07) is 7.34. The van der Waals surface area contributed by atoms with Crippen LogP contribution in [0.2, 0.25) is 0 Å². The first-order chi connectivity index (χ1) is 11.2. The number of anilines is 1. The molecule has 0 aliphatic carbocycles. The minimum Gasteiger partial charge on any atom is -0.450 e. The van der Waals surface area contributed by atoms with E-state index in [0.717, 1.165) is 38.4 Å². The van der Waals surface area contributed by atoms with E-state index in [-0.39, 0.29) is 31.1 Å². The summed E-state index contributed by atoms with van der Waals surface area (Å²) in [5, 5.41) is 7.75. The van der Waals surface area contributed by atoms with E-state index < -0.39 is 12.2 Å². The molecule has 1 aliphatic rings. The summed E-state index contributed by atoms with van der Waals surface area (Å²) in [5.74, 6) is 0.0555. The molecule has 1 fully saturated rings. The second kappa shape index (κ2) is 8.24. The molecular formula is C16H17F2N3O2U. The summed E-state index contributed by atoms with van der Waals surface area (Å²) in [7, 11) is 1.00. The second-order valence-electron chi connectivity index (χ2n) is 5.18. The minimum absolute atomic E-state index is 0. The predicted molar refractivity (Wildman–Crippen MR) is 83.9 cm³/mol. The van der Waals surface area contributed by atoms with Crippen molar-refractivity contribution in [1.29, 1.82) is 0 Å². The van der Waals surface area contributed by atoms with E-state index in [1.165, 1.54) is 0 Å². The number of halogens is 2. The minimum atomic E-state index is -2.69. The molecule has 0 saturated carbocycles. The second-order valence-corrected chi connectivity index (χ2v) is 5.18. The van der Waals surface area contributed by atoms with E-state index in [1.54, 1.807) is 0 Å². The van der Waals surface area contributed by atoms with Gasteiger partial charge in [-0.2, -0.15) is 0 Å². The maximum absolute atomic E-state index is 13.1. The first kappa shape index (κ1) is 19.1. The summed E-state index contributed by atoms with van der Waals surface area (Å²) in [4.78, 5) is 10.1. The van der Waals surface area contributed by atoms with Crippen LogP contribution >= 0.6 is 0 Å². The van der Waals surface area contributed by atoms with Crippen LogP contribution in [0, 0.1) is 31.1 Å². The number of benzene rings is 1. The number of furan rings is 1. The topological polar surface area (TPSA) is 62.4 Å². The number of rotatable bonds is 2. The van der Waals surface area contributed by atoms with Crippen molar-refractivity contribution in [2.45, 2.75) is 19.3 Å². The van der Waals surface area contributed by atoms with Gasteiger partial charge in [0.05, 0.1) is 0 Å². The van der Waals surface area contributed by atoms with Gasteiger partial charge >= 0.3 is 0 Å². The fourth-order valence-electron chi connectivity index (χ4n) is 2.83. The molecule has 0 bridgehead atoms. The zero-order chi connectivity index (χ0) is 16.4. The van der Waals surface area contributed by atoms with Crippen LogP contribution in [0.1, 0.15) is 25.1 Å². The van der Waals surface area contributed by atoms with Crippen LogP contribution < -0.4 is 4.90 Å². The fourth-order valence-corrected chi connectivity index (χ4v) is 2.83. The van der Waals surface area contributed by atoms with E-state index >= 15 is 0 Å². The smallest absolute Gasteiger partial charge is 0.297 e. The Morgan fingerprint density at radius 3 is 2.46 bits per heavy atom. The van der Waals surface area contributed by atoms with Crippen molar-refractivity contribution in [2.24, 2.45) is 0 Å². The summed E-state index contributed by atoms with van der Waals surface area (Å²) in [6.07, 6.45) is -0.615. The van der Waals surface area contributed by atoms with Crippen LogP contribution in [0.4, 0.5) is 14.6 Å². The van der Waals surface area contributed by atoms with Crippen LogP contribution in [0.3, 0.4) is 0 Å². The van der Waals surface area contributed by atoms with Gasteiger partial charge in [0.1, 0.15) is 11.1 Å².